The maximum absolute atomic E-state index is 13.4. The first-order valence-corrected chi connectivity index (χ1v) is 13.2. The van der Waals surface area contributed by atoms with E-state index in [0.717, 1.165) is 5.56 Å². The van der Waals surface area contributed by atoms with Crippen LogP contribution >= 0.6 is 23.2 Å². The highest BCUT2D eigenvalue weighted by Crippen LogP contribution is 2.47. The molecule has 1 atom stereocenters. The maximum atomic E-state index is 13.4. The van der Waals surface area contributed by atoms with Crippen LogP contribution < -0.4 is 9.47 Å². The minimum Gasteiger partial charge on any atom is -0.507 e. The van der Waals surface area contributed by atoms with Gasteiger partial charge in [-0.2, -0.15) is 0 Å². The summed E-state index contributed by atoms with van der Waals surface area (Å²) in [7, 11) is 2.78. The number of hydrogen-bond acceptors (Lipinski definition) is 6. The van der Waals surface area contributed by atoms with Crippen molar-refractivity contribution < 1.29 is 28.9 Å². The molecule has 1 amide bonds. The standard InChI is InChI=1S/C29H35Cl2NO6/c1-16(2)38-14-8-13-32-23(17-9-11-18(12-10-17)29(3,4)5)21(25(34)28(32)35)24(33)19-15-20(30)27(37-7)22(31)26(19)36-6/h9-12,15-16,23,33H,8,13-14H2,1-7H3/b24-21+. The first-order valence-electron chi connectivity index (χ1n) is 12.4. The van der Waals surface area contributed by atoms with Crippen molar-refractivity contribution in [1.82, 2.24) is 4.90 Å². The van der Waals surface area contributed by atoms with Crippen LogP contribution in [0, 0.1) is 0 Å². The highest BCUT2D eigenvalue weighted by Gasteiger charge is 2.46. The van der Waals surface area contributed by atoms with Crippen LogP contribution in [-0.2, 0) is 19.7 Å². The fraction of sp³-hybridized carbons (Fsp3) is 0.448. The van der Waals surface area contributed by atoms with E-state index in [2.05, 4.69) is 20.8 Å². The van der Waals surface area contributed by atoms with E-state index in [1.807, 2.05) is 38.1 Å². The third-order valence-corrected chi connectivity index (χ3v) is 7.05. The number of nitrogens with zero attached hydrogens (tertiary/aromatic N) is 1. The lowest BCUT2D eigenvalue weighted by molar-refractivity contribution is -0.140. The van der Waals surface area contributed by atoms with Gasteiger partial charge in [-0.3, -0.25) is 9.59 Å². The molecule has 0 spiro atoms. The largest absolute Gasteiger partial charge is 0.507 e. The van der Waals surface area contributed by atoms with Crippen LogP contribution in [-0.4, -0.2) is 55.2 Å². The average molecular weight is 565 g/mol. The Labute approximate surface area is 234 Å². The second-order valence-electron chi connectivity index (χ2n) is 10.4. The van der Waals surface area contributed by atoms with Crippen LogP contribution in [0.25, 0.3) is 5.76 Å². The van der Waals surface area contributed by atoms with Gasteiger partial charge in [0, 0.05) is 13.2 Å². The van der Waals surface area contributed by atoms with Gasteiger partial charge in [0.15, 0.2) is 11.5 Å². The zero-order valence-corrected chi connectivity index (χ0v) is 24.4. The predicted octanol–water partition coefficient (Wildman–Crippen LogP) is 6.54. The zero-order valence-electron chi connectivity index (χ0n) is 22.9. The zero-order chi connectivity index (χ0) is 28.4. The Morgan fingerprint density at radius 2 is 1.66 bits per heavy atom. The molecular weight excluding hydrogens is 529 g/mol. The Kier molecular flexibility index (Phi) is 9.39. The molecule has 0 aliphatic carbocycles. The molecule has 0 saturated carbocycles. The Morgan fingerprint density at radius 3 is 2.18 bits per heavy atom. The van der Waals surface area contributed by atoms with Gasteiger partial charge in [0.05, 0.1) is 42.5 Å². The molecule has 0 aromatic heterocycles. The number of likely N-dealkylation sites (tertiary alicyclic amines) is 1. The molecule has 1 heterocycles. The summed E-state index contributed by atoms with van der Waals surface area (Å²) in [6.07, 6.45) is 0.564. The van der Waals surface area contributed by atoms with E-state index in [0.29, 0.717) is 18.6 Å². The molecule has 38 heavy (non-hydrogen) atoms. The Bertz CT molecular complexity index is 1230. The van der Waals surface area contributed by atoms with E-state index in [4.69, 9.17) is 37.4 Å². The Hall–Kier alpha value is -2.74. The number of amides is 1. The molecule has 1 unspecified atom stereocenters. The fourth-order valence-corrected chi connectivity index (χ4v) is 5.16. The minimum absolute atomic E-state index is 0.0372. The number of aliphatic hydroxyl groups is 1. The molecule has 9 heteroatoms. The molecule has 0 radical (unpaired) electrons. The molecule has 2 aromatic rings. The third kappa shape index (κ3) is 5.95. The maximum Gasteiger partial charge on any atom is 0.295 e. The summed E-state index contributed by atoms with van der Waals surface area (Å²) >= 11 is 12.8. The van der Waals surface area contributed by atoms with Crippen molar-refractivity contribution in [1.29, 1.82) is 0 Å². The number of hydrogen-bond donors (Lipinski definition) is 1. The van der Waals surface area contributed by atoms with Crippen molar-refractivity contribution in [3.63, 3.8) is 0 Å². The van der Waals surface area contributed by atoms with Crippen molar-refractivity contribution in [3.05, 3.63) is 62.6 Å². The topological polar surface area (TPSA) is 85.3 Å². The first-order chi connectivity index (χ1) is 17.8. The number of methoxy groups -OCH3 is 2. The lowest BCUT2D eigenvalue weighted by Crippen LogP contribution is -2.31. The quantitative estimate of drug-likeness (QED) is 0.161. The van der Waals surface area contributed by atoms with E-state index < -0.39 is 23.5 Å². The van der Waals surface area contributed by atoms with Gasteiger partial charge in [-0.15, -0.1) is 0 Å². The first kappa shape index (κ1) is 29.8. The summed E-state index contributed by atoms with van der Waals surface area (Å²) in [4.78, 5) is 28.1. The van der Waals surface area contributed by atoms with Gasteiger partial charge < -0.3 is 24.2 Å². The number of halogens is 2. The average Bonchev–Trinajstić information content (AvgIpc) is 3.10. The third-order valence-electron chi connectivity index (χ3n) is 6.42. The number of carbonyl (C=O) groups is 2. The summed E-state index contributed by atoms with van der Waals surface area (Å²) in [5.74, 6) is -1.70. The van der Waals surface area contributed by atoms with E-state index >= 15 is 0 Å². The molecule has 206 valence electrons. The number of benzene rings is 2. The summed E-state index contributed by atoms with van der Waals surface area (Å²) in [6, 6.07) is 8.29. The smallest absolute Gasteiger partial charge is 0.295 e. The lowest BCUT2D eigenvalue weighted by atomic mass is 9.85. The summed E-state index contributed by atoms with van der Waals surface area (Å²) < 4.78 is 16.3. The summed E-state index contributed by atoms with van der Waals surface area (Å²) in [6.45, 7) is 10.9. The Balaban J connectivity index is 2.19. The van der Waals surface area contributed by atoms with Crippen molar-refractivity contribution >= 4 is 40.7 Å². The van der Waals surface area contributed by atoms with Gasteiger partial charge in [-0.1, -0.05) is 68.2 Å². The van der Waals surface area contributed by atoms with Crippen LogP contribution in [0.2, 0.25) is 10.0 Å². The number of aliphatic hydroxyl groups excluding tert-OH is 1. The van der Waals surface area contributed by atoms with Crippen LogP contribution in [0.1, 0.15) is 63.8 Å². The van der Waals surface area contributed by atoms with Crippen molar-refractivity contribution in [2.45, 2.75) is 58.6 Å². The monoisotopic (exact) mass is 563 g/mol. The second kappa shape index (κ2) is 12.0. The van der Waals surface area contributed by atoms with Crippen molar-refractivity contribution in [3.8, 4) is 11.5 Å². The van der Waals surface area contributed by atoms with Gasteiger partial charge in [0.25, 0.3) is 11.7 Å². The number of rotatable bonds is 9. The molecule has 2 aromatic carbocycles. The molecular formula is C29H35Cl2NO6. The summed E-state index contributed by atoms with van der Waals surface area (Å²) in [5, 5.41) is 11.7. The van der Waals surface area contributed by atoms with E-state index in [9.17, 15) is 14.7 Å². The molecule has 1 N–H and O–H groups in total. The normalized spacial score (nSPS) is 17.4. The lowest BCUT2D eigenvalue weighted by Gasteiger charge is -2.27. The van der Waals surface area contributed by atoms with Crippen LogP contribution in [0.4, 0.5) is 0 Å². The molecule has 7 nitrogen and oxygen atoms in total. The number of ketones is 1. The summed E-state index contributed by atoms with van der Waals surface area (Å²) in [5.41, 5.74) is 1.71. The van der Waals surface area contributed by atoms with Crippen LogP contribution in [0.3, 0.4) is 0 Å². The van der Waals surface area contributed by atoms with Crippen molar-refractivity contribution in [2.75, 3.05) is 27.4 Å². The van der Waals surface area contributed by atoms with Crippen LogP contribution in [0.15, 0.2) is 35.9 Å². The number of ether oxygens (including phenoxy) is 3. The molecule has 1 saturated heterocycles. The van der Waals surface area contributed by atoms with Gasteiger partial charge in [-0.25, -0.2) is 0 Å². The number of carbonyl (C=O) groups excluding carboxylic acids is 2. The molecule has 1 aliphatic rings. The van der Waals surface area contributed by atoms with Crippen LogP contribution in [0.5, 0.6) is 11.5 Å². The highest BCUT2D eigenvalue weighted by atomic mass is 35.5. The SMILES string of the molecule is COc1c(Cl)cc(/C(O)=C2\C(=O)C(=O)N(CCCOC(C)C)C2c2ccc(C(C)(C)C)cc2)c(OC)c1Cl. The molecule has 0 bridgehead atoms. The minimum atomic E-state index is -0.826. The highest BCUT2D eigenvalue weighted by molar-refractivity contribution is 6.47. The fourth-order valence-electron chi connectivity index (χ4n) is 4.47. The van der Waals surface area contributed by atoms with E-state index in [1.54, 1.807) is 0 Å². The second-order valence-corrected chi connectivity index (χ2v) is 11.2. The molecule has 3 rings (SSSR count). The van der Waals surface area contributed by atoms with Gasteiger partial charge in [-0.05, 0) is 42.9 Å². The Morgan fingerprint density at radius 1 is 1.05 bits per heavy atom. The number of Topliss-reactive ketones (excluding diaryl/α,β-unsaturated/α-hetero) is 1. The molecule has 1 fully saturated rings. The van der Waals surface area contributed by atoms with Gasteiger partial charge in [0.2, 0.25) is 0 Å². The van der Waals surface area contributed by atoms with E-state index in [-0.39, 0.29) is 50.7 Å². The van der Waals surface area contributed by atoms with Gasteiger partial charge in [0.1, 0.15) is 10.8 Å². The van der Waals surface area contributed by atoms with E-state index in [1.165, 1.54) is 25.2 Å². The predicted molar refractivity (Wildman–Crippen MR) is 149 cm³/mol. The van der Waals surface area contributed by atoms with Gasteiger partial charge >= 0.3 is 0 Å². The molecule has 1 aliphatic heterocycles. The van der Waals surface area contributed by atoms with Crippen molar-refractivity contribution in [2.24, 2.45) is 0 Å².